The van der Waals surface area contributed by atoms with Gasteiger partial charge in [-0.2, -0.15) is 5.26 Å². The summed E-state index contributed by atoms with van der Waals surface area (Å²) in [7, 11) is -3.64. The molecule has 0 aliphatic heterocycles. The Morgan fingerprint density at radius 2 is 1.94 bits per heavy atom. The van der Waals surface area contributed by atoms with E-state index in [1.54, 1.807) is 6.92 Å². The van der Waals surface area contributed by atoms with Crippen molar-refractivity contribution in [3.05, 3.63) is 35.4 Å². The molecule has 0 saturated carbocycles. The summed E-state index contributed by atoms with van der Waals surface area (Å²) in [6, 6.07) is 7.68. The Labute approximate surface area is 106 Å². The van der Waals surface area contributed by atoms with E-state index in [2.05, 4.69) is 0 Å². The van der Waals surface area contributed by atoms with Crippen molar-refractivity contribution in [3.8, 4) is 6.07 Å². The molecule has 1 aromatic carbocycles. The number of benzene rings is 1. The standard InChI is InChI=1S/C12H14N2O3S/c1-3-9(2)18(16,17)14-12(15)11-6-4-10(8-13)5-7-11/h4-7,9H,3H2,1-2H3,(H,14,15)/t9-/m1/s1. The van der Waals surface area contributed by atoms with Gasteiger partial charge in [0, 0.05) is 5.56 Å². The lowest BCUT2D eigenvalue weighted by molar-refractivity contribution is 0.0981. The van der Waals surface area contributed by atoms with Crippen LogP contribution in [0.1, 0.15) is 36.2 Å². The summed E-state index contributed by atoms with van der Waals surface area (Å²) in [5, 5.41) is 7.99. The maximum atomic E-state index is 11.7. The molecule has 0 aliphatic rings. The number of hydrogen-bond acceptors (Lipinski definition) is 4. The summed E-state index contributed by atoms with van der Waals surface area (Å²) < 4.78 is 25.4. The van der Waals surface area contributed by atoms with Crippen LogP contribution in [0.3, 0.4) is 0 Å². The Balaban J connectivity index is 2.86. The molecule has 1 atom stereocenters. The molecule has 96 valence electrons. The van der Waals surface area contributed by atoms with E-state index in [9.17, 15) is 13.2 Å². The van der Waals surface area contributed by atoms with Crippen molar-refractivity contribution >= 4 is 15.9 Å². The minimum atomic E-state index is -3.64. The topological polar surface area (TPSA) is 87.0 Å². The van der Waals surface area contributed by atoms with E-state index in [4.69, 9.17) is 5.26 Å². The molecule has 0 fully saturated rings. The second-order valence-corrected chi connectivity index (χ2v) is 5.98. The van der Waals surface area contributed by atoms with Gasteiger partial charge in [-0.25, -0.2) is 13.1 Å². The van der Waals surface area contributed by atoms with E-state index < -0.39 is 21.2 Å². The van der Waals surface area contributed by atoms with Crippen LogP contribution in [0.5, 0.6) is 0 Å². The average Bonchev–Trinajstić information content (AvgIpc) is 2.37. The molecule has 5 nitrogen and oxygen atoms in total. The largest absolute Gasteiger partial charge is 0.268 e. The first-order chi connectivity index (χ1) is 8.40. The molecule has 0 aromatic heterocycles. The van der Waals surface area contributed by atoms with E-state index in [0.29, 0.717) is 12.0 Å². The van der Waals surface area contributed by atoms with Gasteiger partial charge in [-0.1, -0.05) is 6.92 Å². The van der Waals surface area contributed by atoms with E-state index in [-0.39, 0.29) is 5.56 Å². The van der Waals surface area contributed by atoms with Crippen LogP contribution in [0, 0.1) is 11.3 Å². The van der Waals surface area contributed by atoms with E-state index in [1.807, 2.05) is 10.8 Å². The van der Waals surface area contributed by atoms with Crippen molar-refractivity contribution < 1.29 is 13.2 Å². The van der Waals surface area contributed by atoms with Gasteiger partial charge in [0.2, 0.25) is 10.0 Å². The summed E-state index contributed by atoms with van der Waals surface area (Å²) in [6.45, 7) is 3.27. The fourth-order valence-corrected chi connectivity index (χ4v) is 2.22. The number of nitriles is 1. The maximum Gasteiger partial charge on any atom is 0.264 e. The van der Waals surface area contributed by atoms with Crippen LogP contribution < -0.4 is 4.72 Å². The molecule has 1 N–H and O–H groups in total. The number of carbonyl (C=O) groups excluding carboxylic acids is 1. The van der Waals surface area contributed by atoms with Crippen molar-refractivity contribution in [3.63, 3.8) is 0 Å². The molecule has 6 heteroatoms. The van der Waals surface area contributed by atoms with Crippen molar-refractivity contribution in [1.29, 1.82) is 5.26 Å². The summed E-state index contributed by atoms with van der Waals surface area (Å²) in [4.78, 5) is 11.7. The van der Waals surface area contributed by atoms with Gasteiger partial charge in [-0.3, -0.25) is 4.79 Å². The lowest BCUT2D eigenvalue weighted by Crippen LogP contribution is -2.36. The van der Waals surface area contributed by atoms with Crippen LogP contribution in [0.25, 0.3) is 0 Å². The smallest absolute Gasteiger partial charge is 0.264 e. The number of amides is 1. The van der Waals surface area contributed by atoms with Crippen LogP contribution in [0.4, 0.5) is 0 Å². The number of carbonyl (C=O) groups is 1. The lowest BCUT2D eigenvalue weighted by atomic mass is 10.1. The Kier molecular flexibility index (Phi) is 4.45. The summed E-state index contributed by atoms with van der Waals surface area (Å²) in [6.07, 6.45) is 0.427. The van der Waals surface area contributed by atoms with E-state index in [1.165, 1.54) is 31.2 Å². The Bertz CT molecular complexity index is 570. The van der Waals surface area contributed by atoms with Crippen LogP contribution >= 0.6 is 0 Å². The van der Waals surface area contributed by atoms with Gasteiger partial charge in [-0.15, -0.1) is 0 Å². The molecule has 0 radical (unpaired) electrons. The van der Waals surface area contributed by atoms with Gasteiger partial charge in [-0.05, 0) is 37.6 Å². The van der Waals surface area contributed by atoms with Gasteiger partial charge >= 0.3 is 0 Å². The Morgan fingerprint density at radius 1 is 1.39 bits per heavy atom. The predicted molar refractivity (Wildman–Crippen MR) is 67.3 cm³/mol. The quantitative estimate of drug-likeness (QED) is 0.892. The van der Waals surface area contributed by atoms with Gasteiger partial charge in [0.1, 0.15) is 0 Å². The molecule has 18 heavy (non-hydrogen) atoms. The zero-order chi connectivity index (χ0) is 13.8. The number of nitrogens with zero attached hydrogens (tertiary/aromatic N) is 1. The minimum absolute atomic E-state index is 0.209. The fourth-order valence-electron chi connectivity index (χ4n) is 1.20. The molecule has 1 aromatic rings. The fraction of sp³-hybridized carbons (Fsp3) is 0.333. The molecule has 0 heterocycles. The number of hydrogen-bond donors (Lipinski definition) is 1. The molecule has 0 unspecified atom stereocenters. The Hall–Kier alpha value is -1.87. The third-order valence-corrected chi connectivity index (χ3v) is 4.48. The van der Waals surface area contributed by atoms with Crippen LogP contribution in [0.15, 0.2) is 24.3 Å². The van der Waals surface area contributed by atoms with Gasteiger partial charge in [0.25, 0.3) is 5.91 Å². The highest BCUT2D eigenvalue weighted by atomic mass is 32.2. The van der Waals surface area contributed by atoms with E-state index >= 15 is 0 Å². The summed E-state index contributed by atoms with van der Waals surface area (Å²) in [5.74, 6) is -0.681. The van der Waals surface area contributed by atoms with Crippen LogP contribution in [-0.2, 0) is 10.0 Å². The Morgan fingerprint density at radius 3 is 2.39 bits per heavy atom. The van der Waals surface area contributed by atoms with Crippen molar-refractivity contribution in [2.75, 3.05) is 0 Å². The molecule has 0 aliphatic carbocycles. The van der Waals surface area contributed by atoms with Gasteiger partial charge < -0.3 is 0 Å². The predicted octanol–water partition coefficient (Wildman–Crippen LogP) is 1.42. The minimum Gasteiger partial charge on any atom is -0.268 e. The maximum absolute atomic E-state index is 11.7. The molecule has 0 spiro atoms. The highest BCUT2D eigenvalue weighted by Crippen LogP contribution is 2.07. The highest BCUT2D eigenvalue weighted by Gasteiger charge is 2.21. The second-order valence-electron chi connectivity index (χ2n) is 3.88. The van der Waals surface area contributed by atoms with Crippen molar-refractivity contribution in [2.45, 2.75) is 25.5 Å². The van der Waals surface area contributed by atoms with Gasteiger partial charge in [0.05, 0.1) is 16.9 Å². The molecule has 1 rings (SSSR count). The highest BCUT2D eigenvalue weighted by molar-refractivity contribution is 7.90. The number of sulfonamides is 1. The lowest BCUT2D eigenvalue weighted by Gasteiger charge is -2.11. The molecule has 0 bridgehead atoms. The number of rotatable bonds is 4. The molecular formula is C12H14N2O3S. The van der Waals surface area contributed by atoms with Crippen LogP contribution in [-0.4, -0.2) is 19.6 Å². The van der Waals surface area contributed by atoms with Crippen molar-refractivity contribution in [1.82, 2.24) is 4.72 Å². The van der Waals surface area contributed by atoms with E-state index in [0.717, 1.165) is 0 Å². The molecule has 1 amide bonds. The number of nitrogens with one attached hydrogen (secondary N) is 1. The zero-order valence-corrected chi connectivity index (χ0v) is 11.0. The third kappa shape index (κ3) is 3.31. The first kappa shape index (κ1) is 14.2. The second kappa shape index (κ2) is 5.65. The SMILES string of the molecule is CC[C@@H](C)S(=O)(=O)NC(=O)c1ccc(C#N)cc1. The summed E-state index contributed by atoms with van der Waals surface area (Å²) >= 11 is 0. The first-order valence-electron chi connectivity index (χ1n) is 5.46. The average molecular weight is 266 g/mol. The first-order valence-corrected chi connectivity index (χ1v) is 7.01. The third-order valence-electron chi connectivity index (χ3n) is 2.62. The van der Waals surface area contributed by atoms with Crippen LogP contribution in [0.2, 0.25) is 0 Å². The molecule has 0 saturated heterocycles. The summed E-state index contributed by atoms with van der Waals surface area (Å²) in [5.41, 5.74) is 0.622. The zero-order valence-electron chi connectivity index (χ0n) is 10.2. The van der Waals surface area contributed by atoms with Gasteiger partial charge in [0.15, 0.2) is 0 Å². The van der Waals surface area contributed by atoms with Crippen molar-refractivity contribution in [2.24, 2.45) is 0 Å². The monoisotopic (exact) mass is 266 g/mol. The molecular weight excluding hydrogens is 252 g/mol. The normalized spacial score (nSPS) is 12.5.